The Morgan fingerprint density at radius 1 is 1.22 bits per heavy atom. The van der Waals surface area contributed by atoms with E-state index in [0.29, 0.717) is 28.7 Å². The van der Waals surface area contributed by atoms with Gasteiger partial charge in [0.2, 0.25) is 0 Å². The molecule has 0 fully saturated rings. The number of nitrogens with zero attached hydrogens (tertiary/aromatic N) is 4. The van der Waals surface area contributed by atoms with Gasteiger partial charge < -0.3 is 4.74 Å². The highest BCUT2D eigenvalue weighted by Crippen LogP contribution is 2.31. The first-order valence-corrected chi connectivity index (χ1v) is 6.77. The van der Waals surface area contributed by atoms with Gasteiger partial charge in [0.15, 0.2) is 11.6 Å². The van der Waals surface area contributed by atoms with E-state index in [9.17, 15) is 10.1 Å². The molecule has 1 N–H and O–H groups in total. The SMILES string of the molecule is COc1ccc([N+](=O)[O-])cc1-c1nc(-c2cccc(C)n2)n[nH]1. The number of H-pyrrole nitrogens is 1. The molecule has 3 rings (SSSR count). The minimum atomic E-state index is -0.470. The van der Waals surface area contributed by atoms with E-state index in [2.05, 4.69) is 20.2 Å². The number of methoxy groups -OCH3 is 1. The smallest absolute Gasteiger partial charge is 0.270 e. The molecule has 0 saturated carbocycles. The summed E-state index contributed by atoms with van der Waals surface area (Å²) in [7, 11) is 1.49. The van der Waals surface area contributed by atoms with Crippen LogP contribution in [0.1, 0.15) is 5.69 Å². The molecule has 8 nitrogen and oxygen atoms in total. The molecule has 0 aliphatic heterocycles. The van der Waals surface area contributed by atoms with Gasteiger partial charge in [-0.25, -0.2) is 9.97 Å². The summed E-state index contributed by atoms with van der Waals surface area (Å²) in [5, 5.41) is 17.9. The molecule has 23 heavy (non-hydrogen) atoms. The number of pyridine rings is 1. The Labute approximate surface area is 131 Å². The summed E-state index contributed by atoms with van der Waals surface area (Å²) >= 11 is 0. The van der Waals surface area contributed by atoms with E-state index in [1.54, 1.807) is 6.07 Å². The van der Waals surface area contributed by atoms with Crippen LogP contribution >= 0.6 is 0 Å². The van der Waals surface area contributed by atoms with Crippen molar-refractivity contribution in [2.75, 3.05) is 7.11 Å². The van der Waals surface area contributed by atoms with Crippen molar-refractivity contribution in [3.05, 3.63) is 52.2 Å². The van der Waals surface area contributed by atoms with E-state index in [-0.39, 0.29) is 5.69 Å². The van der Waals surface area contributed by atoms with E-state index in [0.717, 1.165) is 5.69 Å². The van der Waals surface area contributed by atoms with Gasteiger partial charge in [-0.2, -0.15) is 5.10 Å². The predicted molar refractivity (Wildman–Crippen MR) is 83.0 cm³/mol. The summed E-state index contributed by atoms with van der Waals surface area (Å²) in [6.07, 6.45) is 0. The van der Waals surface area contributed by atoms with Crippen LogP contribution in [0.5, 0.6) is 5.75 Å². The van der Waals surface area contributed by atoms with Gasteiger partial charge in [0.25, 0.3) is 5.69 Å². The molecular weight excluding hydrogens is 298 g/mol. The zero-order chi connectivity index (χ0) is 16.4. The van der Waals surface area contributed by atoms with Crippen LogP contribution in [0.3, 0.4) is 0 Å². The fourth-order valence-electron chi connectivity index (χ4n) is 2.16. The van der Waals surface area contributed by atoms with E-state index >= 15 is 0 Å². The number of hydrogen-bond acceptors (Lipinski definition) is 6. The van der Waals surface area contributed by atoms with Crippen LogP contribution < -0.4 is 4.74 Å². The number of benzene rings is 1. The first-order valence-electron chi connectivity index (χ1n) is 6.77. The summed E-state index contributed by atoms with van der Waals surface area (Å²) in [6.45, 7) is 1.88. The molecule has 2 aromatic heterocycles. The second-order valence-electron chi connectivity index (χ2n) is 4.81. The van der Waals surface area contributed by atoms with Gasteiger partial charge >= 0.3 is 0 Å². The maximum absolute atomic E-state index is 11.0. The van der Waals surface area contributed by atoms with Crippen LogP contribution in [0.25, 0.3) is 22.9 Å². The molecular formula is C15H13N5O3. The Bertz CT molecular complexity index is 875. The summed E-state index contributed by atoms with van der Waals surface area (Å²) in [5.41, 5.74) is 1.89. The third-order valence-corrected chi connectivity index (χ3v) is 3.25. The Morgan fingerprint density at radius 3 is 2.74 bits per heavy atom. The monoisotopic (exact) mass is 311 g/mol. The van der Waals surface area contributed by atoms with Gasteiger partial charge in [-0.1, -0.05) is 6.07 Å². The zero-order valence-corrected chi connectivity index (χ0v) is 12.5. The standard InChI is InChI=1S/C15H13N5O3/c1-9-4-3-5-12(16-9)15-17-14(18-19-15)11-8-10(20(21)22)6-7-13(11)23-2/h3-8H,1-2H3,(H,17,18,19). The molecule has 0 spiro atoms. The van der Waals surface area contributed by atoms with Gasteiger partial charge in [0, 0.05) is 17.8 Å². The fourth-order valence-corrected chi connectivity index (χ4v) is 2.16. The second kappa shape index (κ2) is 5.84. The Kier molecular flexibility index (Phi) is 3.71. The molecule has 0 bridgehead atoms. The van der Waals surface area contributed by atoms with Crippen molar-refractivity contribution in [2.24, 2.45) is 0 Å². The molecule has 8 heteroatoms. The quantitative estimate of drug-likeness (QED) is 0.586. The van der Waals surface area contributed by atoms with Crippen molar-refractivity contribution in [3.8, 4) is 28.7 Å². The number of ether oxygens (including phenoxy) is 1. The summed E-state index contributed by atoms with van der Waals surface area (Å²) in [6, 6.07) is 9.84. The molecule has 0 aliphatic rings. The predicted octanol–water partition coefficient (Wildman–Crippen LogP) is 2.76. The Hall–Kier alpha value is -3.29. The average molecular weight is 311 g/mol. The number of aryl methyl sites for hydroxylation is 1. The molecule has 0 unspecified atom stereocenters. The minimum absolute atomic E-state index is 0.0487. The topological polar surface area (TPSA) is 107 Å². The van der Waals surface area contributed by atoms with E-state index in [1.807, 2.05) is 19.1 Å². The highest BCUT2D eigenvalue weighted by Gasteiger charge is 2.17. The molecule has 1 aromatic carbocycles. The molecule has 0 amide bonds. The van der Waals surface area contributed by atoms with Gasteiger partial charge in [0.1, 0.15) is 11.4 Å². The number of aromatic amines is 1. The van der Waals surface area contributed by atoms with Crippen molar-refractivity contribution >= 4 is 5.69 Å². The molecule has 116 valence electrons. The Morgan fingerprint density at radius 2 is 2.04 bits per heavy atom. The van der Waals surface area contributed by atoms with E-state index in [4.69, 9.17) is 4.74 Å². The second-order valence-corrected chi connectivity index (χ2v) is 4.81. The lowest BCUT2D eigenvalue weighted by Gasteiger charge is -2.05. The number of nitro groups is 1. The third kappa shape index (κ3) is 2.86. The number of rotatable bonds is 4. The van der Waals surface area contributed by atoms with Crippen LogP contribution in [-0.2, 0) is 0 Å². The lowest BCUT2D eigenvalue weighted by molar-refractivity contribution is -0.384. The highest BCUT2D eigenvalue weighted by atomic mass is 16.6. The Balaban J connectivity index is 2.06. The van der Waals surface area contributed by atoms with Crippen LogP contribution in [0.2, 0.25) is 0 Å². The van der Waals surface area contributed by atoms with Crippen molar-refractivity contribution in [1.82, 2.24) is 20.2 Å². The zero-order valence-electron chi connectivity index (χ0n) is 12.5. The van der Waals surface area contributed by atoms with Gasteiger partial charge in [-0.05, 0) is 25.1 Å². The lowest BCUT2D eigenvalue weighted by Crippen LogP contribution is -1.93. The van der Waals surface area contributed by atoms with Crippen LogP contribution in [-0.4, -0.2) is 32.2 Å². The lowest BCUT2D eigenvalue weighted by atomic mass is 10.1. The third-order valence-electron chi connectivity index (χ3n) is 3.25. The van der Waals surface area contributed by atoms with Crippen LogP contribution in [0, 0.1) is 17.0 Å². The van der Waals surface area contributed by atoms with Crippen molar-refractivity contribution in [3.63, 3.8) is 0 Å². The van der Waals surface area contributed by atoms with Crippen molar-refractivity contribution < 1.29 is 9.66 Å². The van der Waals surface area contributed by atoms with Crippen molar-refractivity contribution in [2.45, 2.75) is 6.92 Å². The first kappa shape index (κ1) is 14.6. The summed E-state index contributed by atoms with van der Waals surface area (Å²) in [5.74, 6) is 1.26. The van der Waals surface area contributed by atoms with Crippen LogP contribution in [0.15, 0.2) is 36.4 Å². The number of nitrogens with one attached hydrogen (secondary N) is 1. The summed E-state index contributed by atoms with van der Waals surface area (Å²) < 4.78 is 5.24. The largest absolute Gasteiger partial charge is 0.496 e. The maximum atomic E-state index is 11.0. The molecule has 3 aromatic rings. The average Bonchev–Trinajstić information content (AvgIpc) is 3.04. The highest BCUT2D eigenvalue weighted by molar-refractivity contribution is 5.68. The number of non-ortho nitro benzene ring substituents is 1. The van der Waals surface area contributed by atoms with E-state index < -0.39 is 4.92 Å². The molecule has 0 atom stereocenters. The molecule has 0 radical (unpaired) electrons. The van der Waals surface area contributed by atoms with Gasteiger partial charge in [0.05, 0.1) is 17.6 Å². The number of nitro benzene ring substituents is 1. The maximum Gasteiger partial charge on any atom is 0.270 e. The molecule has 2 heterocycles. The van der Waals surface area contributed by atoms with Gasteiger partial charge in [-0.3, -0.25) is 15.2 Å². The van der Waals surface area contributed by atoms with E-state index in [1.165, 1.54) is 25.3 Å². The number of hydrogen-bond donors (Lipinski definition) is 1. The van der Waals surface area contributed by atoms with Crippen molar-refractivity contribution in [1.29, 1.82) is 0 Å². The molecule has 0 aliphatic carbocycles. The number of aromatic nitrogens is 4. The van der Waals surface area contributed by atoms with Crippen LogP contribution in [0.4, 0.5) is 5.69 Å². The normalized spacial score (nSPS) is 10.5. The molecule has 0 saturated heterocycles. The summed E-state index contributed by atoms with van der Waals surface area (Å²) in [4.78, 5) is 19.2. The fraction of sp³-hybridized carbons (Fsp3) is 0.133. The first-order chi connectivity index (χ1) is 11.1. The van der Waals surface area contributed by atoms with Gasteiger partial charge in [-0.15, -0.1) is 0 Å². The minimum Gasteiger partial charge on any atom is -0.496 e.